The first-order valence-electron chi connectivity index (χ1n) is 9.44. The highest BCUT2D eigenvalue weighted by molar-refractivity contribution is 5.74. The maximum Gasteiger partial charge on any atom is 0.317 e. The van der Waals surface area contributed by atoms with E-state index in [-0.39, 0.29) is 6.03 Å². The molecule has 2 heterocycles. The Morgan fingerprint density at radius 3 is 2.57 bits per heavy atom. The van der Waals surface area contributed by atoms with Gasteiger partial charge in [0, 0.05) is 32.7 Å². The summed E-state index contributed by atoms with van der Waals surface area (Å²) in [5.41, 5.74) is 2.74. The van der Waals surface area contributed by atoms with Crippen LogP contribution in [0.4, 0.5) is 4.79 Å². The van der Waals surface area contributed by atoms with Crippen LogP contribution in [0.25, 0.3) is 11.1 Å². The predicted octanol–water partition coefficient (Wildman–Crippen LogP) is 2.86. The van der Waals surface area contributed by atoms with E-state index in [2.05, 4.69) is 15.2 Å². The molecular formula is C21H24N4O3. The third-order valence-electron chi connectivity index (χ3n) is 4.96. The summed E-state index contributed by atoms with van der Waals surface area (Å²) in [6, 6.07) is 15.5. The topological polar surface area (TPSA) is 70.8 Å². The lowest BCUT2D eigenvalue weighted by Gasteiger charge is -2.34. The Kier molecular flexibility index (Phi) is 5.43. The number of aromatic nitrogens is 1. The molecule has 1 aliphatic heterocycles. The molecule has 4 rings (SSSR count). The molecule has 3 aromatic rings. The molecule has 0 unspecified atom stereocenters. The van der Waals surface area contributed by atoms with Crippen LogP contribution in [0.15, 0.2) is 52.9 Å². The molecule has 0 aliphatic carbocycles. The Labute approximate surface area is 163 Å². The summed E-state index contributed by atoms with van der Waals surface area (Å²) in [5, 5.41) is 2.99. The van der Waals surface area contributed by atoms with Gasteiger partial charge in [0.15, 0.2) is 5.58 Å². The van der Waals surface area contributed by atoms with E-state index in [1.54, 1.807) is 7.11 Å². The van der Waals surface area contributed by atoms with E-state index < -0.39 is 0 Å². The van der Waals surface area contributed by atoms with Gasteiger partial charge in [0.1, 0.15) is 11.3 Å². The molecule has 1 N–H and O–H groups in total. The predicted molar refractivity (Wildman–Crippen MR) is 106 cm³/mol. The zero-order valence-electron chi connectivity index (χ0n) is 15.9. The minimum absolute atomic E-state index is 0.0302. The number of carbonyl (C=O) groups excluding carboxylic acids is 1. The van der Waals surface area contributed by atoms with E-state index in [1.807, 2.05) is 53.4 Å². The van der Waals surface area contributed by atoms with Crippen molar-refractivity contribution in [1.29, 1.82) is 0 Å². The summed E-state index contributed by atoms with van der Waals surface area (Å²) in [6.45, 7) is 4.15. The summed E-state index contributed by atoms with van der Waals surface area (Å²) < 4.78 is 10.9. The Bertz CT molecular complexity index is 897. The number of nitrogens with zero attached hydrogens (tertiary/aromatic N) is 3. The number of para-hydroxylation sites is 2. The van der Waals surface area contributed by atoms with Crippen LogP contribution in [-0.2, 0) is 13.1 Å². The van der Waals surface area contributed by atoms with Gasteiger partial charge in [-0.3, -0.25) is 4.90 Å². The maximum atomic E-state index is 12.4. The number of nitrogens with one attached hydrogen (secondary N) is 1. The van der Waals surface area contributed by atoms with Gasteiger partial charge >= 0.3 is 6.03 Å². The Morgan fingerprint density at radius 1 is 1.11 bits per heavy atom. The zero-order chi connectivity index (χ0) is 19.3. The normalized spacial score (nSPS) is 15.0. The van der Waals surface area contributed by atoms with Gasteiger partial charge in [-0.05, 0) is 29.8 Å². The van der Waals surface area contributed by atoms with Crippen LogP contribution >= 0.6 is 0 Å². The highest BCUT2D eigenvalue weighted by Crippen LogP contribution is 2.17. The van der Waals surface area contributed by atoms with Gasteiger partial charge in [0.05, 0.1) is 13.7 Å². The number of amides is 2. The van der Waals surface area contributed by atoms with Gasteiger partial charge in [-0.1, -0.05) is 24.3 Å². The molecular weight excluding hydrogens is 356 g/mol. The number of hydrogen-bond acceptors (Lipinski definition) is 5. The highest BCUT2D eigenvalue weighted by atomic mass is 16.5. The molecule has 7 nitrogen and oxygen atoms in total. The van der Waals surface area contributed by atoms with Crippen LogP contribution in [0.5, 0.6) is 5.75 Å². The van der Waals surface area contributed by atoms with Gasteiger partial charge in [-0.15, -0.1) is 0 Å². The van der Waals surface area contributed by atoms with Crippen LogP contribution in [0.2, 0.25) is 0 Å². The van der Waals surface area contributed by atoms with Crippen molar-refractivity contribution < 1.29 is 13.9 Å². The molecule has 1 saturated heterocycles. The van der Waals surface area contributed by atoms with Crippen molar-refractivity contribution in [2.24, 2.45) is 0 Å². The van der Waals surface area contributed by atoms with Gasteiger partial charge in [-0.25, -0.2) is 9.78 Å². The van der Waals surface area contributed by atoms with E-state index in [4.69, 9.17) is 9.15 Å². The smallest absolute Gasteiger partial charge is 0.317 e. The lowest BCUT2D eigenvalue weighted by molar-refractivity contribution is 0.129. The van der Waals surface area contributed by atoms with Gasteiger partial charge in [-0.2, -0.15) is 0 Å². The summed E-state index contributed by atoms with van der Waals surface area (Å²) in [4.78, 5) is 21.1. The molecule has 0 saturated carbocycles. The average molecular weight is 380 g/mol. The Morgan fingerprint density at radius 2 is 1.86 bits per heavy atom. The SMILES string of the molecule is COc1ccc(CNC(=O)N2CCN(Cc3nc4ccccc4o3)CC2)cc1. The van der Waals surface area contributed by atoms with Gasteiger partial charge in [0.25, 0.3) is 0 Å². The van der Waals surface area contributed by atoms with E-state index in [0.717, 1.165) is 41.4 Å². The lowest BCUT2D eigenvalue weighted by Crippen LogP contribution is -2.51. The zero-order valence-corrected chi connectivity index (χ0v) is 15.9. The molecule has 7 heteroatoms. The molecule has 0 bridgehead atoms. The summed E-state index contributed by atoms with van der Waals surface area (Å²) in [7, 11) is 1.64. The summed E-state index contributed by atoms with van der Waals surface area (Å²) in [6.07, 6.45) is 0. The van der Waals surface area contributed by atoms with Crippen LogP contribution in [-0.4, -0.2) is 54.1 Å². The van der Waals surface area contributed by atoms with Crippen molar-refractivity contribution in [3.63, 3.8) is 0 Å². The lowest BCUT2D eigenvalue weighted by atomic mass is 10.2. The molecule has 1 aliphatic rings. The number of piperazine rings is 1. The van der Waals surface area contributed by atoms with E-state index in [9.17, 15) is 4.79 Å². The largest absolute Gasteiger partial charge is 0.497 e. The van der Waals surface area contributed by atoms with Crippen LogP contribution in [0.3, 0.4) is 0 Å². The number of fused-ring (bicyclic) bond motifs is 1. The quantitative estimate of drug-likeness (QED) is 0.737. The van der Waals surface area contributed by atoms with Crippen LogP contribution in [0.1, 0.15) is 11.5 Å². The van der Waals surface area contributed by atoms with Crippen LogP contribution < -0.4 is 10.1 Å². The first-order chi connectivity index (χ1) is 13.7. The minimum atomic E-state index is -0.0302. The fourth-order valence-corrected chi connectivity index (χ4v) is 3.32. The Balaban J connectivity index is 1.24. The van der Waals surface area contributed by atoms with Gasteiger partial charge in [0.2, 0.25) is 5.89 Å². The number of carbonyl (C=O) groups is 1. The number of rotatable bonds is 5. The van der Waals surface area contributed by atoms with Crippen molar-refractivity contribution in [3.05, 3.63) is 60.0 Å². The monoisotopic (exact) mass is 380 g/mol. The maximum absolute atomic E-state index is 12.4. The third-order valence-corrected chi connectivity index (χ3v) is 4.96. The molecule has 0 radical (unpaired) electrons. The number of hydrogen-bond donors (Lipinski definition) is 1. The Hall–Kier alpha value is -3.06. The van der Waals surface area contributed by atoms with Crippen molar-refractivity contribution in [2.45, 2.75) is 13.1 Å². The molecule has 2 amide bonds. The van der Waals surface area contributed by atoms with Crippen molar-refractivity contribution >= 4 is 17.1 Å². The number of benzene rings is 2. The third kappa shape index (κ3) is 4.26. The molecule has 0 spiro atoms. The molecule has 0 atom stereocenters. The number of urea groups is 1. The summed E-state index contributed by atoms with van der Waals surface area (Å²) >= 11 is 0. The first kappa shape index (κ1) is 18.3. The first-order valence-corrected chi connectivity index (χ1v) is 9.44. The molecule has 146 valence electrons. The van der Waals surface area contributed by atoms with E-state index >= 15 is 0 Å². The minimum Gasteiger partial charge on any atom is -0.497 e. The number of oxazole rings is 1. The second kappa shape index (κ2) is 8.31. The average Bonchev–Trinajstić information content (AvgIpc) is 3.15. The van der Waals surface area contributed by atoms with Crippen molar-refractivity contribution in [1.82, 2.24) is 20.1 Å². The molecule has 1 aromatic heterocycles. The van der Waals surface area contributed by atoms with Crippen LogP contribution in [0, 0.1) is 0 Å². The number of ether oxygens (including phenoxy) is 1. The van der Waals surface area contributed by atoms with E-state index in [0.29, 0.717) is 26.2 Å². The second-order valence-corrected chi connectivity index (χ2v) is 6.85. The van der Waals surface area contributed by atoms with Crippen molar-refractivity contribution in [3.8, 4) is 5.75 Å². The fourth-order valence-electron chi connectivity index (χ4n) is 3.32. The number of methoxy groups -OCH3 is 1. The van der Waals surface area contributed by atoms with Crippen molar-refractivity contribution in [2.75, 3.05) is 33.3 Å². The molecule has 1 fully saturated rings. The summed E-state index contributed by atoms with van der Waals surface area (Å²) in [5.74, 6) is 1.53. The molecule has 2 aromatic carbocycles. The standard InChI is InChI=1S/C21H24N4O3/c1-27-17-8-6-16(7-9-17)14-22-21(26)25-12-10-24(11-13-25)15-20-23-18-4-2-3-5-19(18)28-20/h2-9H,10-15H2,1H3,(H,22,26). The highest BCUT2D eigenvalue weighted by Gasteiger charge is 2.22. The molecule has 28 heavy (non-hydrogen) atoms. The second-order valence-electron chi connectivity index (χ2n) is 6.85. The van der Waals surface area contributed by atoms with Gasteiger partial charge < -0.3 is 19.4 Å². The van der Waals surface area contributed by atoms with E-state index in [1.165, 1.54) is 0 Å². The fraction of sp³-hybridized carbons (Fsp3) is 0.333.